The van der Waals surface area contributed by atoms with Crippen molar-refractivity contribution >= 4 is 12.2 Å². The Morgan fingerprint density at radius 1 is 1.29 bits per heavy atom. The van der Waals surface area contributed by atoms with Gasteiger partial charge in [0.1, 0.15) is 0 Å². The monoisotopic (exact) mass is 205 g/mol. The maximum atomic E-state index is 10.2. The Balaban J connectivity index is 3.52. The van der Waals surface area contributed by atoms with Gasteiger partial charge < -0.3 is 26.6 Å². The Kier molecular flexibility index (Phi) is 6.21. The average molecular weight is 205 g/mol. The predicted octanol–water partition coefficient (Wildman–Crippen LogP) is -0.371. The van der Waals surface area contributed by atoms with E-state index in [0.29, 0.717) is 19.4 Å². The number of hydrogen-bond donors (Lipinski definition) is 5. The van der Waals surface area contributed by atoms with E-state index >= 15 is 0 Å². The van der Waals surface area contributed by atoms with Crippen LogP contribution in [0.2, 0.25) is 0 Å². The SMILES string of the molecule is NCC(CCCNC(=O)O)NC(=O)O. The fourth-order valence-electron chi connectivity index (χ4n) is 0.967. The third-order valence-electron chi connectivity index (χ3n) is 1.62. The second-order valence-electron chi connectivity index (χ2n) is 2.76. The van der Waals surface area contributed by atoms with Gasteiger partial charge in [0, 0.05) is 19.1 Å². The molecular weight excluding hydrogens is 190 g/mol. The first kappa shape index (κ1) is 12.5. The molecule has 0 heterocycles. The van der Waals surface area contributed by atoms with E-state index in [1.807, 2.05) is 0 Å². The van der Waals surface area contributed by atoms with Crippen LogP contribution in [0.1, 0.15) is 12.8 Å². The van der Waals surface area contributed by atoms with Crippen LogP contribution in [-0.4, -0.2) is 41.5 Å². The Morgan fingerprint density at radius 3 is 2.36 bits per heavy atom. The molecule has 0 saturated carbocycles. The summed E-state index contributed by atoms with van der Waals surface area (Å²) in [5, 5.41) is 21.0. The molecule has 82 valence electrons. The number of rotatable bonds is 6. The first-order valence-electron chi connectivity index (χ1n) is 4.22. The molecule has 0 spiro atoms. The summed E-state index contributed by atoms with van der Waals surface area (Å²) >= 11 is 0. The zero-order valence-corrected chi connectivity index (χ0v) is 7.69. The van der Waals surface area contributed by atoms with Gasteiger partial charge in [-0.05, 0) is 12.8 Å². The minimum absolute atomic E-state index is 0.208. The highest BCUT2D eigenvalue weighted by Gasteiger charge is 2.08. The summed E-state index contributed by atoms with van der Waals surface area (Å²) in [6.45, 7) is 0.506. The number of amides is 2. The summed E-state index contributed by atoms with van der Waals surface area (Å²) in [6, 6.07) is -0.317. The number of carboxylic acid groups (broad SMARTS) is 2. The van der Waals surface area contributed by atoms with Crippen molar-refractivity contribution in [2.75, 3.05) is 13.1 Å². The molecule has 0 fully saturated rings. The summed E-state index contributed by atoms with van der Waals surface area (Å²) in [4.78, 5) is 20.3. The van der Waals surface area contributed by atoms with Crippen molar-refractivity contribution < 1.29 is 19.8 Å². The van der Waals surface area contributed by atoms with E-state index in [-0.39, 0.29) is 12.6 Å². The van der Waals surface area contributed by atoms with Crippen molar-refractivity contribution in [2.45, 2.75) is 18.9 Å². The van der Waals surface area contributed by atoms with E-state index in [1.54, 1.807) is 0 Å². The molecule has 0 aliphatic carbocycles. The molecule has 14 heavy (non-hydrogen) atoms. The van der Waals surface area contributed by atoms with Gasteiger partial charge >= 0.3 is 12.2 Å². The van der Waals surface area contributed by atoms with Crippen LogP contribution in [0.5, 0.6) is 0 Å². The molecule has 0 aromatic rings. The van der Waals surface area contributed by atoms with Crippen LogP contribution in [0.4, 0.5) is 9.59 Å². The maximum absolute atomic E-state index is 10.2. The third-order valence-corrected chi connectivity index (χ3v) is 1.62. The van der Waals surface area contributed by atoms with Crippen LogP contribution in [0.25, 0.3) is 0 Å². The summed E-state index contributed by atoms with van der Waals surface area (Å²) in [7, 11) is 0. The molecule has 1 atom stereocenters. The van der Waals surface area contributed by atoms with Crippen LogP contribution in [0.3, 0.4) is 0 Å². The van der Waals surface area contributed by atoms with Gasteiger partial charge in [0.15, 0.2) is 0 Å². The van der Waals surface area contributed by atoms with Crippen LogP contribution in [0.15, 0.2) is 0 Å². The summed E-state index contributed by atoms with van der Waals surface area (Å²) in [5.74, 6) is 0. The smallest absolute Gasteiger partial charge is 0.404 e. The van der Waals surface area contributed by atoms with E-state index in [4.69, 9.17) is 15.9 Å². The minimum Gasteiger partial charge on any atom is -0.465 e. The fraction of sp³-hybridized carbons (Fsp3) is 0.714. The molecule has 0 bridgehead atoms. The lowest BCUT2D eigenvalue weighted by molar-refractivity contribution is 0.187. The molecule has 0 rings (SSSR count). The predicted molar refractivity (Wildman–Crippen MR) is 49.3 cm³/mol. The molecule has 0 aromatic heterocycles. The van der Waals surface area contributed by atoms with Gasteiger partial charge in [-0.15, -0.1) is 0 Å². The molecule has 1 unspecified atom stereocenters. The Morgan fingerprint density at radius 2 is 1.93 bits per heavy atom. The van der Waals surface area contributed by atoms with Gasteiger partial charge in [0.25, 0.3) is 0 Å². The molecule has 6 N–H and O–H groups in total. The van der Waals surface area contributed by atoms with Crippen molar-refractivity contribution in [2.24, 2.45) is 5.73 Å². The largest absolute Gasteiger partial charge is 0.465 e. The third kappa shape index (κ3) is 7.17. The lowest BCUT2D eigenvalue weighted by atomic mass is 10.1. The lowest BCUT2D eigenvalue weighted by Crippen LogP contribution is -2.39. The van der Waals surface area contributed by atoms with Crippen molar-refractivity contribution in [1.82, 2.24) is 10.6 Å². The molecule has 7 nitrogen and oxygen atoms in total. The number of nitrogens with two attached hydrogens (primary N) is 1. The highest BCUT2D eigenvalue weighted by Crippen LogP contribution is 1.94. The molecule has 0 aliphatic rings. The molecular formula is C7H15N3O4. The Labute approximate surface area is 81.3 Å². The van der Waals surface area contributed by atoms with Gasteiger partial charge in [-0.1, -0.05) is 0 Å². The minimum atomic E-state index is -1.12. The first-order valence-corrected chi connectivity index (χ1v) is 4.22. The number of nitrogens with one attached hydrogen (secondary N) is 2. The van der Waals surface area contributed by atoms with Crippen LogP contribution >= 0.6 is 0 Å². The van der Waals surface area contributed by atoms with E-state index in [2.05, 4.69) is 10.6 Å². The first-order chi connectivity index (χ1) is 6.56. The summed E-state index contributed by atoms with van der Waals surface area (Å²) in [5.41, 5.74) is 5.30. The normalized spacial score (nSPS) is 11.8. The van der Waals surface area contributed by atoms with E-state index < -0.39 is 12.2 Å². The topological polar surface area (TPSA) is 125 Å². The Hall–Kier alpha value is -1.50. The van der Waals surface area contributed by atoms with Gasteiger partial charge in [0.2, 0.25) is 0 Å². The summed E-state index contributed by atoms with van der Waals surface area (Å²) < 4.78 is 0. The van der Waals surface area contributed by atoms with Gasteiger partial charge in [-0.2, -0.15) is 0 Å². The van der Waals surface area contributed by atoms with E-state index in [1.165, 1.54) is 0 Å². The van der Waals surface area contributed by atoms with Gasteiger partial charge in [-0.25, -0.2) is 9.59 Å². The number of hydrogen-bond acceptors (Lipinski definition) is 3. The zero-order chi connectivity index (χ0) is 11.0. The van der Waals surface area contributed by atoms with Crippen LogP contribution in [-0.2, 0) is 0 Å². The molecule has 0 radical (unpaired) electrons. The molecule has 0 saturated heterocycles. The van der Waals surface area contributed by atoms with Crippen molar-refractivity contribution in [3.05, 3.63) is 0 Å². The fourth-order valence-corrected chi connectivity index (χ4v) is 0.967. The van der Waals surface area contributed by atoms with E-state index in [9.17, 15) is 9.59 Å². The standard InChI is InChI=1S/C7H15N3O4/c8-4-5(10-7(13)14)2-1-3-9-6(11)12/h5,9-10H,1-4,8H2,(H,11,12)(H,13,14). The maximum Gasteiger partial charge on any atom is 0.404 e. The lowest BCUT2D eigenvalue weighted by Gasteiger charge is -2.13. The quantitative estimate of drug-likeness (QED) is 0.378. The molecule has 2 amide bonds. The highest BCUT2D eigenvalue weighted by atomic mass is 16.4. The molecule has 0 aliphatic heterocycles. The highest BCUT2D eigenvalue weighted by molar-refractivity contribution is 5.65. The zero-order valence-electron chi connectivity index (χ0n) is 7.69. The average Bonchev–Trinajstić information content (AvgIpc) is 2.09. The Bertz CT molecular complexity index is 197. The molecule has 7 heteroatoms. The number of carbonyl (C=O) groups is 2. The second-order valence-corrected chi connectivity index (χ2v) is 2.76. The van der Waals surface area contributed by atoms with E-state index in [0.717, 1.165) is 0 Å². The van der Waals surface area contributed by atoms with Crippen LogP contribution in [0, 0.1) is 0 Å². The van der Waals surface area contributed by atoms with Gasteiger partial charge in [0.05, 0.1) is 0 Å². The molecule has 0 aromatic carbocycles. The second kappa shape index (κ2) is 6.96. The van der Waals surface area contributed by atoms with Crippen molar-refractivity contribution in [3.8, 4) is 0 Å². The van der Waals surface area contributed by atoms with Crippen molar-refractivity contribution in [3.63, 3.8) is 0 Å². The summed E-state index contributed by atoms with van der Waals surface area (Å²) in [6.07, 6.45) is -1.13. The van der Waals surface area contributed by atoms with Crippen LogP contribution < -0.4 is 16.4 Å². The van der Waals surface area contributed by atoms with Gasteiger partial charge in [-0.3, -0.25) is 0 Å². The van der Waals surface area contributed by atoms with Crippen molar-refractivity contribution in [1.29, 1.82) is 0 Å².